The fraction of sp³-hybridized carbons (Fsp3) is 0.611. The molecule has 0 saturated heterocycles. The van der Waals surface area contributed by atoms with E-state index in [1.54, 1.807) is 6.07 Å². The Morgan fingerprint density at radius 2 is 1.96 bits per heavy atom. The number of nitrogens with zero attached hydrogens (tertiary/aromatic N) is 1. The molecular formula is C18H26F3N3O. The molecule has 1 saturated carbocycles. The summed E-state index contributed by atoms with van der Waals surface area (Å²) in [7, 11) is 0. The van der Waals surface area contributed by atoms with Gasteiger partial charge in [-0.1, -0.05) is 37.1 Å². The van der Waals surface area contributed by atoms with Crippen LogP contribution in [0, 0.1) is 0 Å². The zero-order chi connectivity index (χ0) is 18.1. The number of aliphatic imine (C=N–C) groups is 1. The van der Waals surface area contributed by atoms with E-state index in [2.05, 4.69) is 15.6 Å². The normalized spacial score (nSPS) is 16.2. The average Bonchev–Trinajstić information content (AvgIpc) is 3.05. The van der Waals surface area contributed by atoms with Gasteiger partial charge in [0.15, 0.2) is 5.96 Å². The van der Waals surface area contributed by atoms with E-state index in [4.69, 9.17) is 4.74 Å². The van der Waals surface area contributed by atoms with Crippen molar-refractivity contribution in [1.29, 1.82) is 0 Å². The summed E-state index contributed by atoms with van der Waals surface area (Å²) in [5, 5.41) is 6.68. The van der Waals surface area contributed by atoms with Crippen molar-refractivity contribution in [2.24, 2.45) is 4.99 Å². The Morgan fingerprint density at radius 3 is 2.64 bits per heavy atom. The van der Waals surface area contributed by atoms with Crippen molar-refractivity contribution in [3.8, 4) is 0 Å². The molecule has 4 nitrogen and oxygen atoms in total. The highest BCUT2D eigenvalue weighted by Gasteiger charge is 2.27. The summed E-state index contributed by atoms with van der Waals surface area (Å²) in [6.45, 7) is 1.98. The SMILES string of the molecule is CCNC(=NCc1cccc(COCC(F)(F)F)c1)NC1CCCC1. The lowest BCUT2D eigenvalue weighted by Crippen LogP contribution is -2.42. The third-order valence-corrected chi connectivity index (χ3v) is 3.99. The molecule has 2 N–H and O–H groups in total. The molecule has 0 radical (unpaired) electrons. The van der Waals surface area contributed by atoms with Gasteiger partial charge in [-0.25, -0.2) is 4.99 Å². The quantitative estimate of drug-likeness (QED) is 0.577. The molecule has 0 amide bonds. The van der Waals surface area contributed by atoms with Crippen molar-refractivity contribution in [3.05, 3.63) is 35.4 Å². The third-order valence-electron chi connectivity index (χ3n) is 3.99. The predicted octanol–water partition coefficient (Wildman–Crippen LogP) is 3.76. The van der Waals surface area contributed by atoms with Gasteiger partial charge in [0.1, 0.15) is 6.61 Å². The van der Waals surface area contributed by atoms with E-state index >= 15 is 0 Å². The van der Waals surface area contributed by atoms with Gasteiger partial charge in [0.2, 0.25) is 0 Å². The van der Waals surface area contributed by atoms with E-state index < -0.39 is 12.8 Å². The number of rotatable bonds is 7. The number of halogens is 3. The van der Waals surface area contributed by atoms with Gasteiger partial charge in [0, 0.05) is 12.6 Å². The fourth-order valence-electron chi connectivity index (χ4n) is 2.86. The highest BCUT2D eigenvalue weighted by molar-refractivity contribution is 5.80. The molecule has 25 heavy (non-hydrogen) atoms. The van der Waals surface area contributed by atoms with Gasteiger partial charge in [-0.15, -0.1) is 0 Å². The Kier molecular flexibility index (Phi) is 7.55. The summed E-state index contributed by atoms with van der Waals surface area (Å²) in [5.41, 5.74) is 1.66. The first kappa shape index (κ1) is 19.6. The number of hydrogen-bond acceptors (Lipinski definition) is 2. The number of ether oxygens (including phenoxy) is 1. The Morgan fingerprint density at radius 1 is 1.24 bits per heavy atom. The minimum Gasteiger partial charge on any atom is -0.367 e. The standard InChI is InChI=1S/C18H26F3N3O/c1-2-22-17(24-16-8-3-4-9-16)23-11-14-6-5-7-15(10-14)12-25-13-18(19,20)21/h5-7,10,16H,2-4,8-9,11-13H2,1H3,(H2,22,23,24). The van der Waals surface area contributed by atoms with Crippen LogP contribution in [-0.4, -0.2) is 31.3 Å². The van der Waals surface area contributed by atoms with Crippen LogP contribution >= 0.6 is 0 Å². The number of nitrogens with one attached hydrogen (secondary N) is 2. The van der Waals surface area contributed by atoms with Crippen molar-refractivity contribution in [2.75, 3.05) is 13.2 Å². The van der Waals surface area contributed by atoms with Crippen molar-refractivity contribution in [2.45, 2.75) is 58.0 Å². The fourth-order valence-corrected chi connectivity index (χ4v) is 2.86. The van der Waals surface area contributed by atoms with Crippen LogP contribution in [0.4, 0.5) is 13.2 Å². The number of guanidine groups is 1. The smallest absolute Gasteiger partial charge is 0.367 e. The summed E-state index contributed by atoms with van der Waals surface area (Å²) >= 11 is 0. The maximum atomic E-state index is 12.1. The van der Waals surface area contributed by atoms with Gasteiger partial charge in [0.25, 0.3) is 0 Å². The maximum Gasteiger partial charge on any atom is 0.411 e. The lowest BCUT2D eigenvalue weighted by Gasteiger charge is -2.16. The van der Waals surface area contributed by atoms with Crippen LogP contribution < -0.4 is 10.6 Å². The Balaban J connectivity index is 1.89. The highest BCUT2D eigenvalue weighted by atomic mass is 19.4. The highest BCUT2D eigenvalue weighted by Crippen LogP contribution is 2.18. The third kappa shape index (κ3) is 7.77. The van der Waals surface area contributed by atoms with E-state index in [9.17, 15) is 13.2 Å². The van der Waals surface area contributed by atoms with Crippen LogP contribution in [-0.2, 0) is 17.9 Å². The molecule has 1 aliphatic carbocycles. The van der Waals surface area contributed by atoms with E-state index in [0.717, 1.165) is 30.9 Å². The molecule has 1 aromatic rings. The second kappa shape index (κ2) is 9.65. The summed E-state index contributed by atoms with van der Waals surface area (Å²) in [4.78, 5) is 4.58. The van der Waals surface area contributed by atoms with E-state index in [1.807, 2.05) is 25.1 Å². The van der Waals surface area contributed by atoms with Crippen LogP contribution in [0.25, 0.3) is 0 Å². The van der Waals surface area contributed by atoms with Crippen molar-refractivity contribution in [1.82, 2.24) is 10.6 Å². The molecule has 7 heteroatoms. The first-order chi connectivity index (χ1) is 12.0. The van der Waals surface area contributed by atoms with Gasteiger partial charge in [-0.2, -0.15) is 13.2 Å². The van der Waals surface area contributed by atoms with Gasteiger partial charge in [0.05, 0.1) is 13.2 Å². The largest absolute Gasteiger partial charge is 0.411 e. The molecule has 2 rings (SSSR count). The van der Waals surface area contributed by atoms with E-state index in [-0.39, 0.29) is 6.61 Å². The molecule has 0 heterocycles. The second-order valence-corrected chi connectivity index (χ2v) is 6.25. The van der Waals surface area contributed by atoms with Crippen LogP contribution in [0.1, 0.15) is 43.7 Å². The van der Waals surface area contributed by atoms with Crippen LogP contribution in [0.5, 0.6) is 0 Å². The lowest BCUT2D eigenvalue weighted by atomic mass is 10.1. The first-order valence-electron chi connectivity index (χ1n) is 8.73. The molecule has 0 spiro atoms. The molecule has 0 aromatic heterocycles. The molecule has 1 fully saturated rings. The minimum atomic E-state index is -4.30. The lowest BCUT2D eigenvalue weighted by molar-refractivity contribution is -0.176. The average molecular weight is 357 g/mol. The van der Waals surface area contributed by atoms with Crippen LogP contribution in [0.3, 0.4) is 0 Å². The predicted molar refractivity (Wildman–Crippen MR) is 92.4 cm³/mol. The Bertz CT molecular complexity index is 555. The zero-order valence-corrected chi connectivity index (χ0v) is 14.5. The molecule has 0 bridgehead atoms. The second-order valence-electron chi connectivity index (χ2n) is 6.25. The minimum absolute atomic E-state index is 0.0581. The number of alkyl halides is 3. The van der Waals surface area contributed by atoms with Crippen molar-refractivity contribution in [3.63, 3.8) is 0 Å². The Labute approximate surface area is 146 Å². The van der Waals surface area contributed by atoms with Crippen molar-refractivity contribution >= 4 is 5.96 Å². The summed E-state index contributed by atoms with van der Waals surface area (Å²) < 4.78 is 41.1. The molecule has 1 aromatic carbocycles. The van der Waals surface area contributed by atoms with Crippen LogP contribution in [0.15, 0.2) is 29.3 Å². The molecule has 0 atom stereocenters. The van der Waals surface area contributed by atoms with Crippen molar-refractivity contribution < 1.29 is 17.9 Å². The Hall–Kier alpha value is -1.76. The van der Waals surface area contributed by atoms with E-state index in [1.165, 1.54) is 12.8 Å². The molecule has 140 valence electrons. The summed E-state index contributed by atoms with van der Waals surface area (Å²) in [6.07, 6.45) is 0.523. The zero-order valence-electron chi connectivity index (χ0n) is 14.5. The van der Waals surface area contributed by atoms with Gasteiger partial charge < -0.3 is 15.4 Å². The molecule has 0 unspecified atom stereocenters. The number of benzene rings is 1. The van der Waals surface area contributed by atoms with Gasteiger partial charge in [-0.05, 0) is 30.9 Å². The number of hydrogen-bond donors (Lipinski definition) is 2. The monoisotopic (exact) mass is 357 g/mol. The summed E-state index contributed by atoms with van der Waals surface area (Å²) in [6, 6.07) is 7.79. The molecule has 0 aliphatic heterocycles. The topological polar surface area (TPSA) is 45.7 Å². The maximum absolute atomic E-state index is 12.1. The van der Waals surface area contributed by atoms with Crippen LogP contribution in [0.2, 0.25) is 0 Å². The van der Waals surface area contributed by atoms with Gasteiger partial charge >= 0.3 is 6.18 Å². The molecule has 1 aliphatic rings. The summed E-state index contributed by atoms with van der Waals surface area (Å²) in [5.74, 6) is 0.785. The van der Waals surface area contributed by atoms with E-state index in [0.29, 0.717) is 18.2 Å². The molecular weight excluding hydrogens is 331 g/mol. The first-order valence-corrected chi connectivity index (χ1v) is 8.73. The van der Waals surface area contributed by atoms with Gasteiger partial charge in [-0.3, -0.25) is 0 Å².